The molecular formula is C22H21N3O5. The van der Waals surface area contributed by atoms with Gasteiger partial charge in [-0.05, 0) is 36.8 Å². The third kappa shape index (κ3) is 4.03. The molecular weight excluding hydrogens is 386 g/mol. The first-order valence-electron chi connectivity index (χ1n) is 9.54. The van der Waals surface area contributed by atoms with Gasteiger partial charge in [0.05, 0.1) is 18.7 Å². The van der Waals surface area contributed by atoms with Crippen molar-refractivity contribution < 1.29 is 23.5 Å². The van der Waals surface area contributed by atoms with Gasteiger partial charge in [-0.2, -0.15) is 0 Å². The van der Waals surface area contributed by atoms with Crippen molar-refractivity contribution in [2.24, 2.45) is 5.92 Å². The molecule has 0 aliphatic carbocycles. The number of methoxy groups -OCH3 is 1. The van der Waals surface area contributed by atoms with Gasteiger partial charge in [-0.15, -0.1) is 10.2 Å². The molecule has 0 N–H and O–H groups in total. The van der Waals surface area contributed by atoms with Crippen LogP contribution in [0.3, 0.4) is 0 Å². The van der Waals surface area contributed by atoms with Gasteiger partial charge in [0.2, 0.25) is 11.8 Å². The number of nitrogens with zero attached hydrogens (tertiary/aromatic N) is 3. The number of benzene rings is 2. The van der Waals surface area contributed by atoms with Crippen molar-refractivity contribution >= 4 is 17.6 Å². The normalized spacial score (nSPS) is 16.0. The number of anilines is 1. The van der Waals surface area contributed by atoms with Gasteiger partial charge in [-0.1, -0.05) is 24.3 Å². The average Bonchev–Trinajstić information content (AvgIpc) is 3.39. The Morgan fingerprint density at radius 2 is 2.00 bits per heavy atom. The van der Waals surface area contributed by atoms with Gasteiger partial charge in [0.15, 0.2) is 6.61 Å². The van der Waals surface area contributed by atoms with E-state index < -0.39 is 11.9 Å². The summed E-state index contributed by atoms with van der Waals surface area (Å²) in [5.41, 5.74) is 2.43. The van der Waals surface area contributed by atoms with Gasteiger partial charge < -0.3 is 18.8 Å². The molecule has 3 aromatic rings. The van der Waals surface area contributed by atoms with Crippen LogP contribution >= 0.6 is 0 Å². The molecule has 0 saturated carbocycles. The van der Waals surface area contributed by atoms with E-state index in [1.165, 1.54) is 0 Å². The van der Waals surface area contributed by atoms with E-state index in [-0.39, 0.29) is 31.4 Å². The number of ether oxygens (including phenoxy) is 2. The van der Waals surface area contributed by atoms with E-state index in [0.29, 0.717) is 17.3 Å². The van der Waals surface area contributed by atoms with Crippen molar-refractivity contribution in [1.29, 1.82) is 0 Å². The molecule has 1 saturated heterocycles. The quantitative estimate of drug-likeness (QED) is 0.579. The number of esters is 1. The van der Waals surface area contributed by atoms with Gasteiger partial charge >= 0.3 is 5.97 Å². The highest BCUT2D eigenvalue weighted by Gasteiger charge is 2.37. The fourth-order valence-electron chi connectivity index (χ4n) is 3.37. The molecule has 30 heavy (non-hydrogen) atoms. The number of hydrogen-bond acceptors (Lipinski definition) is 7. The van der Waals surface area contributed by atoms with Crippen LogP contribution in [0.1, 0.15) is 17.9 Å². The largest absolute Gasteiger partial charge is 0.495 e. The summed E-state index contributed by atoms with van der Waals surface area (Å²) in [4.78, 5) is 26.6. The zero-order valence-electron chi connectivity index (χ0n) is 16.7. The SMILES string of the molecule is COc1ccc(C)cc1N1C[C@@H](C(=O)OCc2nnc(-c3ccccc3)o2)CC1=O. The maximum absolute atomic E-state index is 12.5. The molecule has 1 aliphatic rings. The number of aromatic nitrogens is 2. The third-order valence-electron chi connectivity index (χ3n) is 4.91. The van der Waals surface area contributed by atoms with Crippen molar-refractivity contribution in [3.63, 3.8) is 0 Å². The summed E-state index contributed by atoms with van der Waals surface area (Å²) in [7, 11) is 1.55. The molecule has 0 unspecified atom stereocenters. The molecule has 1 atom stereocenters. The van der Waals surface area contributed by atoms with E-state index >= 15 is 0 Å². The fourth-order valence-corrected chi connectivity index (χ4v) is 3.37. The maximum atomic E-state index is 12.5. The standard InChI is InChI=1S/C22H21N3O5/c1-14-8-9-18(28-2)17(10-14)25-12-16(11-20(25)26)22(27)29-13-19-23-24-21(30-19)15-6-4-3-5-7-15/h3-10,16H,11-13H2,1-2H3/t16-/m0/s1. The van der Waals surface area contributed by atoms with Gasteiger partial charge in [0.25, 0.3) is 5.89 Å². The summed E-state index contributed by atoms with van der Waals surface area (Å²) in [5, 5.41) is 7.88. The van der Waals surface area contributed by atoms with Crippen molar-refractivity contribution in [3.05, 3.63) is 60.0 Å². The number of aryl methyl sites for hydroxylation is 1. The lowest BCUT2D eigenvalue weighted by atomic mass is 10.1. The second kappa shape index (κ2) is 8.36. The molecule has 8 nitrogen and oxygen atoms in total. The van der Waals surface area contributed by atoms with Crippen molar-refractivity contribution in [2.75, 3.05) is 18.6 Å². The highest BCUT2D eigenvalue weighted by molar-refractivity contribution is 6.00. The minimum absolute atomic E-state index is 0.0784. The Hall–Kier alpha value is -3.68. The number of amides is 1. The van der Waals surface area contributed by atoms with Crippen LogP contribution in [0.5, 0.6) is 5.75 Å². The smallest absolute Gasteiger partial charge is 0.311 e. The van der Waals surface area contributed by atoms with Crippen LogP contribution < -0.4 is 9.64 Å². The molecule has 8 heteroatoms. The van der Waals surface area contributed by atoms with Gasteiger partial charge in [0.1, 0.15) is 5.75 Å². The molecule has 1 aromatic heterocycles. The Kier molecular flexibility index (Phi) is 5.47. The Morgan fingerprint density at radius 3 is 2.77 bits per heavy atom. The first-order chi connectivity index (χ1) is 14.5. The Balaban J connectivity index is 1.39. The Bertz CT molecular complexity index is 1060. The van der Waals surface area contributed by atoms with Crippen LogP contribution in [0.2, 0.25) is 0 Å². The van der Waals surface area contributed by atoms with Crippen LogP contribution in [0, 0.1) is 12.8 Å². The van der Waals surface area contributed by atoms with E-state index in [2.05, 4.69) is 10.2 Å². The van der Waals surface area contributed by atoms with Crippen molar-refractivity contribution in [1.82, 2.24) is 10.2 Å². The zero-order valence-corrected chi connectivity index (χ0v) is 16.7. The molecule has 0 bridgehead atoms. The monoisotopic (exact) mass is 407 g/mol. The lowest BCUT2D eigenvalue weighted by Gasteiger charge is -2.20. The number of hydrogen-bond donors (Lipinski definition) is 0. The van der Waals surface area contributed by atoms with Crippen molar-refractivity contribution in [2.45, 2.75) is 20.0 Å². The average molecular weight is 407 g/mol. The van der Waals surface area contributed by atoms with Crippen LogP contribution in [-0.4, -0.2) is 35.7 Å². The highest BCUT2D eigenvalue weighted by Crippen LogP contribution is 2.34. The predicted octanol–water partition coefficient (Wildman–Crippen LogP) is 3.15. The van der Waals surface area contributed by atoms with E-state index in [0.717, 1.165) is 11.1 Å². The second-order valence-corrected chi connectivity index (χ2v) is 7.06. The Labute approximate surface area is 173 Å². The molecule has 2 aromatic carbocycles. The van der Waals surface area contributed by atoms with E-state index in [1.807, 2.05) is 55.5 Å². The van der Waals surface area contributed by atoms with Crippen LogP contribution in [0.25, 0.3) is 11.5 Å². The van der Waals surface area contributed by atoms with Crippen molar-refractivity contribution in [3.8, 4) is 17.2 Å². The van der Waals surface area contributed by atoms with Crippen LogP contribution in [-0.2, 0) is 20.9 Å². The predicted molar refractivity (Wildman–Crippen MR) is 108 cm³/mol. The van der Waals surface area contributed by atoms with E-state index in [1.54, 1.807) is 12.0 Å². The minimum Gasteiger partial charge on any atom is -0.495 e. The summed E-state index contributed by atoms with van der Waals surface area (Å²) < 4.78 is 16.2. The molecule has 1 amide bonds. The summed E-state index contributed by atoms with van der Waals surface area (Å²) in [6, 6.07) is 14.9. The zero-order chi connectivity index (χ0) is 21.1. The molecule has 2 heterocycles. The number of carbonyl (C=O) groups excluding carboxylic acids is 2. The molecule has 0 spiro atoms. The molecule has 154 valence electrons. The lowest BCUT2D eigenvalue weighted by molar-refractivity contribution is -0.150. The van der Waals surface area contributed by atoms with Gasteiger partial charge in [-0.3, -0.25) is 9.59 Å². The highest BCUT2D eigenvalue weighted by atomic mass is 16.5. The fraction of sp³-hybridized carbons (Fsp3) is 0.273. The first-order valence-corrected chi connectivity index (χ1v) is 9.54. The van der Waals surface area contributed by atoms with Crippen LogP contribution in [0.4, 0.5) is 5.69 Å². The Morgan fingerprint density at radius 1 is 1.20 bits per heavy atom. The lowest BCUT2D eigenvalue weighted by Crippen LogP contribution is -2.27. The van der Waals surface area contributed by atoms with E-state index in [4.69, 9.17) is 13.9 Å². The summed E-state index contributed by atoms with van der Waals surface area (Å²) in [5.74, 6) is -0.0532. The summed E-state index contributed by atoms with van der Waals surface area (Å²) in [6.45, 7) is 2.02. The van der Waals surface area contributed by atoms with Gasteiger partial charge in [0, 0.05) is 18.5 Å². The molecule has 0 radical (unpaired) electrons. The first kappa shape index (κ1) is 19.6. The van der Waals surface area contributed by atoms with Gasteiger partial charge in [-0.25, -0.2) is 0 Å². The second-order valence-electron chi connectivity index (χ2n) is 7.06. The summed E-state index contributed by atoms with van der Waals surface area (Å²) >= 11 is 0. The molecule has 1 aliphatic heterocycles. The third-order valence-corrected chi connectivity index (χ3v) is 4.91. The molecule has 4 rings (SSSR count). The summed E-state index contributed by atoms with van der Waals surface area (Å²) in [6.07, 6.45) is 0.0784. The topological polar surface area (TPSA) is 94.8 Å². The number of rotatable bonds is 6. The van der Waals surface area contributed by atoms with Crippen LogP contribution in [0.15, 0.2) is 52.9 Å². The molecule has 1 fully saturated rings. The number of carbonyl (C=O) groups is 2. The minimum atomic E-state index is -0.570. The van der Waals surface area contributed by atoms with E-state index in [9.17, 15) is 9.59 Å². The maximum Gasteiger partial charge on any atom is 0.311 e.